The zero-order valence-electron chi connectivity index (χ0n) is 16.3. The summed E-state index contributed by atoms with van der Waals surface area (Å²) >= 11 is 0. The third kappa shape index (κ3) is 6.22. The van der Waals surface area contributed by atoms with Crippen molar-refractivity contribution in [1.82, 2.24) is 0 Å². The Hall–Kier alpha value is 0.780. The fourth-order valence-electron chi connectivity index (χ4n) is 2.98. The maximum Gasteiger partial charge on any atom is 0.0650 e. The van der Waals surface area contributed by atoms with Crippen LogP contribution in [0, 0.1) is 16.2 Å². The van der Waals surface area contributed by atoms with E-state index in [1.807, 2.05) is 0 Å². The molecule has 0 aliphatic carbocycles. The molecule has 1 rings (SSSR count). The van der Waals surface area contributed by atoms with Gasteiger partial charge in [0.05, 0.1) is 25.4 Å². The molecule has 1 aliphatic rings. The summed E-state index contributed by atoms with van der Waals surface area (Å²) in [5.74, 6) is 0. The van der Waals surface area contributed by atoms with Crippen LogP contribution in [0.25, 0.3) is 0 Å². The third-order valence-electron chi connectivity index (χ3n) is 6.08. The van der Waals surface area contributed by atoms with Crippen molar-refractivity contribution in [2.75, 3.05) is 25.5 Å². The maximum absolute atomic E-state index is 6.51. The lowest BCUT2D eigenvalue weighted by Gasteiger charge is -2.44. The van der Waals surface area contributed by atoms with Crippen LogP contribution in [0.4, 0.5) is 0 Å². The second-order valence-electron chi connectivity index (χ2n) is 8.94. The molecule has 1 saturated heterocycles. The molecular formula is C19H40O2P2. The molecule has 4 unspecified atom stereocenters. The van der Waals surface area contributed by atoms with Crippen molar-refractivity contribution >= 4 is 18.5 Å². The fourth-order valence-corrected chi connectivity index (χ4v) is 4.12. The van der Waals surface area contributed by atoms with Crippen molar-refractivity contribution in [1.29, 1.82) is 0 Å². The molecule has 0 spiro atoms. The van der Waals surface area contributed by atoms with Crippen molar-refractivity contribution in [2.24, 2.45) is 16.2 Å². The van der Waals surface area contributed by atoms with Gasteiger partial charge in [-0.1, -0.05) is 48.0 Å². The second-order valence-corrected chi connectivity index (χ2v) is 9.76. The quantitative estimate of drug-likeness (QED) is 0.583. The van der Waals surface area contributed by atoms with E-state index in [1.54, 1.807) is 0 Å². The molecule has 0 N–H and O–H groups in total. The van der Waals surface area contributed by atoms with Crippen LogP contribution in [-0.4, -0.2) is 37.7 Å². The number of hydrogen-bond acceptors (Lipinski definition) is 2. The highest BCUT2D eigenvalue weighted by atomic mass is 31.0. The molecule has 23 heavy (non-hydrogen) atoms. The van der Waals surface area contributed by atoms with E-state index in [1.165, 1.54) is 6.42 Å². The molecule has 1 fully saturated rings. The molecular weight excluding hydrogens is 322 g/mol. The predicted molar refractivity (Wildman–Crippen MR) is 108 cm³/mol. The average Bonchev–Trinajstić information content (AvgIpc) is 2.51. The van der Waals surface area contributed by atoms with E-state index in [9.17, 15) is 0 Å². The van der Waals surface area contributed by atoms with Gasteiger partial charge in [0.1, 0.15) is 0 Å². The van der Waals surface area contributed by atoms with Gasteiger partial charge in [-0.15, -0.1) is 18.5 Å². The lowest BCUT2D eigenvalue weighted by atomic mass is 9.77. The van der Waals surface area contributed by atoms with Crippen molar-refractivity contribution in [3.63, 3.8) is 0 Å². The Morgan fingerprint density at radius 3 is 2.00 bits per heavy atom. The van der Waals surface area contributed by atoms with Crippen LogP contribution in [0.1, 0.15) is 67.2 Å². The summed E-state index contributed by atoms with van der Waals surface area (Å²) in [4.78, 5) is 0. The van der Waals surface area contributed by atoms with E-state index >= 15 is 0 Å². The summed E-state index contributed by atoms with van der Waals surface area (Å²) in [6.45, 7) is 15.6. The van der Waals surface area contributed by atoms with Gasteiger partial charge in [-0.2, -0.15) is 0 Å². The third-order valence-corrected chi connectivity index (χ3v) is 7.81. The van der Waals surface area contributed by atoms with Gasteiger partial charge >= 0.3 is 0 Å². The number of ether oxygens (including phenoxy) is 2. The first-order valence-electron chi connectivity index (χ1n) is 9.27. The molecule has 4 atom stereocenters. The maximum atomic E-state index is 6.51. The fraction of sp³-hybridized carbons (Fsp3) is 1.00. The second kappa shape index (κ2) is 8.93. The van der Waals surface area contributed by atoms with Crippen molar-refractivity contribution in [3.05, 3.63) is 0 Å². The minimum Gasteiger partial charge on any atom is -0.377 e. The lowest BCUT2D eigenvalue weighted by molar-refractivity contribution is -0.140. The molecule has 0 aromatic carbocycles. The largest absolute Gasteiger partial charge is 0.377 e. The van der Waals surface area contributed by atoms with E-state index in [0.29, 0.717) is 11.5 Å². The summed E-state index contributed by atoms with van der Waals surface area (Å²) in [5.41, 5.74) is 0.643. The smallest absolute Gasteiger partial charge is 0.0650 e. The summed E-state index contributed by atoms with van der Waals surface area (Å²) in [6.07, 6.45) is 7.09. The Labute approximate surface area is 149 Å². The van der Waals surface area contributed by atoms with Crippen LogP contribution >= 0.6 is 18.5 Å². The zero-order valence-corrected chi connectivity index (χ0v) is 18.6. The number of hydrogen-bond donors (Lipinski definition) is 0. The van der Waals surface area contributed by atoms with Crippen LogP contribution in [0.2, 0.25) is 0 Å². The Balaban J connectivity index is 2.97. The minimum atomic E-state index is 0.117. The number of rotatable bonds is 7. The Bertz CT molecular complexity index is 351. The Morgan fingerprint density at radius 2 is 1.52 bits per heavy atom. The first kappa shape index (κ1) is 21.8. The van der Waals surface area contributed by atoms with E-state index in [0.717, 1.165) is 44.8 Å². The SMILES string of the molecule is CCC(C)(C)CC1CC(C(C)(C)CC)OCC(CP)(CP)CO1. The van der Waals surface area contributed by atoms with Crippen LogP contribution in [0.3, 0.4) is 0 Å². The van der Waals surface area contributed by atoms with Crippen LogP contribution in [0.5, 0.6) is 0 Å². The van der Waals surface area contributed by atoms with Crippen LogP contribution in [-0.2, 0) is 9.47 Å². The summed E-state index contributed by atoms with van der Waals surface area (Å²) in [5, 5.41) is 0. The molecule has 0 saturated carbocycles. The molecule has 0 radical (unpaired) electrons. The Morgan fingerprint density at radius 1 is 0.957 bits per heavy atom. The average molecular weight is 362 g/mol. The van der Waals surface area contributed by atoms with E-state index in [-0.39, 0.29) is 16.9 Å². The summed E-state index contributed by atoms with van der Waals surface area (Å²) in [7, 11) is 5.81. The summed E-state index contributed by atoms with van der Waals surface area (Å²) in [6, 6.07) is 0. The molecule has 0 bridgehead atoms. The van der Waals surface area contributed by atoms with Gasteiger partial charge in [-0.05, 0) is 36.0 Å². The Kier molecular flexibility index (Phi) is 8.48. The molecule has 0 aromatic rings. The standard InChI is InChI=1S/C19H40O2P2/c1-7-17(3,4)10-15-9-16(18(5,6)8-2)21-12-19(13-22,14-23)11-20-15/h15-16H,7-14,22-23H2,1-6H3. The van der Waals surface area contributed by atoms with Gasteiger partial charge in [0.25, 0.3) is 0 Å². The normalized spacial score (nSPS) is 26.6. The van der Waals surface area contributed by atoms with Crippen LogP contribution in [0.15, 0.2) is 0 Å². The summed E-state index contributed by atoms with van der Waals surface area (Å²) < 4.78 is 13.0. The van der Waals surface area contributed by atoms with Gasteiger partial charge in [0.15, 0.2) is 0 Å². The van der Waals surface area contributed by atoms with Gasteiger partial charge < -0.3 is 9.47 Å². The van der Waals surface area contributed by atoms with Gasteiger partial charge in [0, 0.05) is 11.8 Å². The lowest BCUT2D eigenvalue weighted by Crippen LogP contribution is -2.46. The molecule has 4 heteroatoms. The van der Waals surface area contributed by atoms with Crippen molar-refractivity contribution in [3.8, 4) is 0 Å². The molecule has 0 amide bonds. The highest BCUT2D eigenvalue weighted by Crippen LogP contribution is 2.39. The van der Waals surface area contributed by atoms with Gasteiger partial charge in [0.2, 0.25) is 0 Å². The molecule has 2 nitrogen and oxygen atoms in total. The van der Waals surface area contributed by atoms with Gasteiger partial charge in [-0.25, -0.2) is 0 Å². The van der Waals surface area contributed by atoms with Crippen molar-refractivity contribution < 1.29 is 9.47 Å². The molecule has 1 heterocycles. The highest BCUT2D eigenvalue weighted by molar-refractivity contribution is 7.17. The van der Waals surface area contributed by atoms with Crippen molar-refractivity contribution in [2.45, 2.75) is 79.4 Å². The first-order valence-corrected chi connectivity index (χ1v) is 10.9. The van der Waals surface area contributed by atoms with Crippen LogP contribution < -0.4 is 0 Å². The van der Waals surface area contributed by atoms with E-state index in [4.69, 9.17) is 9.47 Å². The minimum absolute atomic E-state index is 0.117. The van der Waals surface area contributed by atoms with E-state index < -0.39 is 0 Å². The predicted octanol–water partition coefficient (Wildman–Crippen LogP) is 5.16. The van der Waals surface area contributed by atoms with Gasteiger partial charge in [-0.3, -0.25) is 0 Å². The zero-order chi connectivity index (χ0) is 17.7. The monoisotopic (exact) mass is 362 g/mol. The highest BCUT2D eigenvalue weighted by Gasteiger charge is 2.39. The topological polar surface area (TPSA) is 18.5 Å². The molecule has 138 valence electrons. The first-order chi connectivity index (χ1) is 10.6. The van der Waals surface area contributed by atoms with E-state index in [2.05, 4.69) is 60.0 Å². The molecule has 1 aliphatic heterocycles. The molecule has 0 aromatic heterocycles.